The molecule has 0 unspecified atom stereocenters. The molecule has 108 valence electrons. The standard InChI is InChI=1S/C13H16N2O3S2/c1-10-9-18-13(15-10)19-5-6-20(16,17)12-4-2-3-11(7-12)8-14/h2-4,7,9H,5-6,8,14H2,1H3. The molecular weight excluding hydrogens is 296 g/mol. The lowest BCUT2D eigenvalue weighted by atomic mass is 10.2. The van der Waals surface area contributed by atoms with Gasteiger partial charge in [0.2, 0.25) is 0 Å². The molecular formula is C13H16N2O3S2. The molecule has 1 heterocycles. The zero-order valence-electron chi connectivity index (χ0n) is 11.1. The van der Waals surface area contributed by atoms with Crippen LogP contribution in [-0.4, -0.2) is 24.9 Å². The van der Waals surface area contributed by atoms with E-state index in [1.807, 2.05) is 13.0 Å². The zero-order chi connectivity index (χ0) is 14.6. The molecule has 0 amide bonds. The average Bonchev–Trinajstić information content (AvgIpc) is 2.84. The Morgan fingerprint density at radius 1 is 1.40 bits per heavy atom. The summed E-state index contributed by atoms with van der Waals surface area (Å²) in [6, 6.07) is 6.73. The van der Waals surface area contributed by atoms with Crippen molar-refractivity contribution in [1.82, 2.24) is 4.98 Å². The molecule has 2 N–H and O–H groups in total. The van der Waals surface area contributed by atoms with Crippen LogP contribution in [0.3, 0.4) is 0 Å². The number of nitrogens with zero attached hydrogens (tertiary/aromatic N) is 1. The van der Waals surface area contributed by atoms with Crippen LogP contribution in [0.5, 0.6) is 0 Å². The predicted molar refractivity (Wildman–Crippen MR) is 78.4 cm³/mol. The number of hydrogen-bond acceptors (Lipinski definition) is 6. The highest BCUT2D eigenvalue weighted by atomic mass is 32.2. The van der Waals surface area contributed by atoms with Crippen molar-refractivity contribution in [3.8, 4) is 0 Å². The molecule has 0 aliphatic heterocycles. The van der Waals surface area contributed by atoms with E-state index >= 15 is 0 Å². The number of sulfone groups is 1. The van der Waals surface area contributed by atoms with Crippen molar-refractivity contribution in [3.05, 3.63) is 41.8 Å². The minimum absolute atomic E-state index is 0.0348. The molecule has 1 aromatic carbocycles. The summed E-state index contributed by atoms with van der Waals surface area (Å²) in [5.74, 6) is 0.433. The van der Waals surface area contributed by atoms with Gasteiger partial charge in [0.05, 0.1) is 16.3 Å². The molecule has 5 nitrogen and oxygen atoms in total. The number of thioether (sulfide) groups is 1. The monoisotopic (exact) mass is 312 g/mol. The van der Waals surface area contributed by atoms with Gasteiger partial charge in [-0.15, -0.1) is 0 Å². The molecule has 1 aromatic heterocycles. The fourth-order valence-corrected chi connectivity index (χ4v) is 4.18. The van der Waals surface area contributed by atoms with Crippen LogP contribution in [0.1, 0.15) is 11.3 Å². The summed E-state index contributed by atoms with van der Waals surface area (Å²) in [5, 5.41) is 0.494. The van der Waals surface area contributed by atoms with Gasteiger partial charge in [-0.05, 0) is 24.6 Å². The van der Waals surface area contributed by atoms with Gasteiger partial charge >= 0.3 is 0 Å². The number of rotatable bonds is 6. The Kier molecular flexibility index (Phi) is 4.85. The Hall–Kier alpha value is -1.31. The van der Waals surface area contributed by atoms with Crippen LogP contribution in [0.2, 0.25) is 0 Å². The molecule has 7 heteroatoms. The minimum atomic E-state index is -3.30. The second-order valence-corrected chi connectivity index (χ2v) is 7.43. The summed E-state index contributed by atoms with van der Waals surface area (Å²) in [5.41, 5.74) is 7.11. The molecule has 0 saturated carbocycles. The van der Waals surface area contributed by atoms with Gasteiger partial charge in [-0.25, -0.2) is 13.4 Å². The van der Waals surface area contributed by atoms with Crippen molar-refractivity contribution in [1.29, 1.82) is 0 Å². The number of nitrogens with two attached hydrogens (primary N) is 1. The molecule has 0 spiro atoms. The Labute approximate surface area is 122 Å². The molecule has 0 fully saturated rings. The SMILES string of the molecule is Cc1coc(SCCS(=O)(=O)c2cccc(CN)c2)n1. The topological polar surface area (TPSA) is 86.2 Å². The van der Waals surface area contributed by atoms with Crippen molar-refractivity contribution in [3.63, 3.8) is 0 Å². The summed E-state index contributed by atoms with van der Waals surface area (Å²) >= 11 is 1.29. The Morgan fingerprint density at radius 2 is 2.20 bits per heavy atom. The normalized spacial score (nSPS) is 11.7. The van der Waals surface area contributed by atoms with E-state index in [0.717, 1.165) is 11.3 Å². The van der Waals surface area contributed by atoms with Crippen LogP contribution in [-0.2, 0) is 16.4 Å². The smallest absolute Gasteiger partial charge is 0.255 e. The van der Waals surface area contributed by atoms with Crippen LogP contribution in [0.4, 0.5) is 0 Å². The van der Waals surface area contributed by atoms with E-state index in [-0.39, 0.29) is 5.75 Å². The highest BCUT2D eigenvalue weighted by Crippen LogP contribution is 2.19. The van der Waals surface area contributed by atoms with Gasteiger partial charge in [-0.3, -0.25) is 0 Å². The molecule has 2 rings (SSSR count). The van der Waals surface area contributed by atoms with Gasteiger partial charge in [0.1, 0.15) is 6.26 Å². The maximum Gasteiger partial charge on any atom is 0.255 e. The van der Waals surface area contributed by atoms with Crippen LogP contribution in [0.15, 0.2) is 45.1 Å². The van der Waals surface area contributed by atoms with Gasteiger partial charge in [0.15, 0.2) is 9.84 Å². The first-order valence-electron chi connectivity index (χ1n) is 6.08. The lowest BCUT2D eigenvalue weighted by Gasteiger charge is -2.05. The van der Waals surface area contributed by atoms with E-state index in [1.165, 1.54) is 11.8 Å². The lowest BCUT2D eigenvalue weighted by molar-refractivity contribution is 0.454. The number of oxazole rings is 1. The third-order valence-electron chi connectivity index (χ3n) is 2.67. The number of aromatic nitrogens is 1. The van der Waals surface area contributed by atoms with E-state index in [0.29, 0.717) is 22.4 Å². The first-order valence-corrected chi connectivity index (χ1v) is 8.72. The van der Waals surface area contributed by atoms with E-state index in [4.69, 9.17) is 10.2 Å². The van der Waals surface area contributed by atoms with Crippen LogP contribution >= 0.6 is 11.8 Å². The van der Waals surface area contributed by atoms with Gasteiger partial charge in [0, 0.05) is 12.3 Å². The highest BCUT2D eigenvalue weighted by molar-refractivity contribution is 8.00. The first-order chi connectivity index (χ1) is 9.51. The Bertz CT molecular complexity index is 680. The maximum absolute atomic E-state index is 12.2. The van der Waals surface area contributed by atoms with Crippen molar-refractivity contribution in [2.75, 3.05) is 11.5 Å². The summed E-state index contributed by atoms with van der Waals surface area (Å²) in [6.45, 7) is 2.15. The largest absolute Gasteiger partial charge is 0.440 e. The Balaban J connectivity index is 2.00. The van der Waals surface area contributed by atoms with Gasteiger partial charge in [0.25, 0.3) is 5.22 Å². The average molecular weight is 312 g/mol. The van der Waals surface area contributed by atoms with E-state index in [9.17, 15) is 8.42 Å². The van der Waals surface area contributed by atoms with Gasteiger partial charge in [-0.2, -0.15) is 0 Å². The molecule has 0 radical (unpaired) electrons. The zero-order valence-corrected chi connectivity index (χ0v) is 12.7. The van der Waals surface area contributed by atoms with Crippen molar-refractivity contribution in [2.24, 2.45) is 5.73 Å². The lowest BCUT2D eigenvalue weighted by Crippen LogP contribution is -2.09. The highest BCUT2D eigenvalue weighted by Gasteiger charge is 2.15. The van der Waals surface area contributed by atoms with Crippen molar-refractivity contribution < 1.29 is 12.8 Å². The van der Waals surface area contributed by atoms with E-state index < -0.39 is 9.84 Å². The summed E-state index contributed by atoms with van der Waals surface area (Å²) < 4.78 is 29.5. The third kappa shape index (κ3) is 3.84. The predicted octanol–water partition coefficient (Wildman–Crippen LogP) is 2.01. The van der Waals surface area contributed by atoms with E-state index in [1.54, 1.807) is 24.5 Å². The fourth-order valence-electron chi connectivity index (χ4n) is 1.62. The number of benzene rings is 1. The second kappa shape index (κ2) is 6.43. The molecule has 0 bridgehead atoms. The Morgan fingerprint density at radius 3 is 2.85 bits per heavy atom. The van der Waals surface area contributed by atoms with Crippen molar-refractivity contribution in [2.45, 2.75) is 23.6 Å². The molecule has 2 aromatic rings. The first kappa shape index (κ1) is 15.1. The van der Waals surface area contributed by atoms with Crippen LogP contribution in [0, 0.1) is 6.92 Å². The number of aryl methyl sites for hydroxylation is 1. The van der Waals surface area contributed by atoms with Crippen LogP contribution < -0.4 is 5.73 Å². The van der Waals surface area contributed by atoms with Gasteiger partial charge in [-0.1, -0.05) is 23.9 Å². The van der Waals surface area contributed by atoms with E-state index in [2.05, 4.69) is 4.98 Å². The summed E-state index contributed by atoms with van der Waals surface area (Å²) in [7, 11) is -3.30. The van der Waals surface area contributed by atoms with Gasteiger partial charge < -0.3 is 10.2 Å². The molecule has 0 aliphatic carbocycles. The molecule has 0 atom stereocenters. The maximum atomic E-state index is 12.2. The second-order valence-electron chi connectivity index (χ2n) is 4.27. The fraction of sp³-hybridized carbons (Fsp3) is 0.308. The number of hydrogen-bond donors (Lipinski definition) is 1. The van der Waals surface area contributed by atoms with Crippen molar-refractivity contribution >= 4 is 21.6 Å². The van der Waals surface area contributed by atoms with Crippen LogP contribution in [0.25, 0.3) is 0 Å². The molecule has 20 heavy (non-hydrogen) atoms. The summed E-state index contributed by atoms with van der Waals surface area (Å²) in [6.07, 6.45) is 1.54. The summed E-state index contributed by atoms with van der Waals surface area (Å²) in [4.78, 5) is 4.43. The molecule has 0 aliphatic rings. The minimum Gasteiger partial charge on any atom is -0.440 e. The molecule has 0 saturated heterocycles. The third-order valence-corrected chi connectivity index (χ3v) is 5.48. The quantitative estimate of drug-likeness (QED) is 0.821.